The third kappa shape index (κ3) is 8.73. The zero-order chi connectivity index (χ0) is 19.3. The molecule has 2 rings (SSSR count). The Bertz CT molecular complexity index is 534. The van der Waals surface area contributed by atoms with Gasteiger partial charge in [0.05, 0.1) is 0 Å². The Kier molecular flexibility index (Phi) is 10.2. The van der Waals surface area contributed by atoms with Crippen LogP contribution in [0.1, 0.15) is 76.9 Å². The molecular formula is C20H38N6O. The van der Waals surface area contributed by atoms with Crippen LogP contribution in [0.15, 0.2) is 9.52 Å². The average molecular weight is 379 g/mol. The van der Waals surface area contributed by atoms with E-state index in [1.54, 1.807) is 0 Å². The summed E-state index contributed by atoms with van der Waals surface area (Å²) in [4.78, 5) is 11.7. The molecule has 0 atom stereocenters. The fraction of sp³-hybridized carbons (Fsp3) is 0.850. The van der Waals surface area contributed by atoms with Crippen molar-refractivity contribution in [1.82, 2.24) is 25.7 Å². The molecule has 0 amide bonds. The van der Waals surface area contributed by atoms with Gasteiger partial charge in [0.2, 0.25) is 5.89 Å². The van der Waals surface area contributed by atoms with Crippen LogP contribution in [0.25, 0.3) is 0 Å². The van der Waals surface area contributed by atoms with Gasteiger partial charge in [0.1, 0.15) is 0 Å². The van der Waals surface area contributed by atoms with Crippen molar-refractivity contribution in [2.24, 2.45) is 4.99 Å². The first kappa shape index (κ1) is 21.7. The second-order valence-electron chi connectivity index (χ2n) is 7.60. The topological polar surface area (TPSA) is 78.6 Å². The number of aromatic nitrogens is 2. The van der Waals surface area contributed by atoms with E-state index in [1.165, 1.54) is 45.3 Å². The van der Waals surface area contributed by atoms with Gasteiger partial charge in [-0.2, -0.15) is 4.98 Å². The first-order chi connectivity index (χ1) is 13.2. The van der Waals surface area contributed by atoms with E-state index in [0.29, 0.717) is 11.8 Å². The molecule has 2 N–H and O–H groups in total. The molecule has 1 saturated heterocycles. The lowest BCUT2D eigenvalue weighted by Crippen LogP contribution is -2.39. The van der Waals surface area contributed by atoms with Gasteiger partial charge in [-0.15, -0.1) is 0 Å². The number of hydrogen-bond donors (Lipinski definition) is 2. The van der Waals surface area contributed by atoms with Crippen LogP contribution in [0.3, 0.4) is 0 Å². The molecule has 1 fully saturated rings. The van der Waals surface area contributed by atoms with Crippen LogP contribution in [-0.4, -0.2) is 60.3 Å². The SMILES string of the molecule is CCNC(=NCCCc1nc(C(C)C)no1)NCCCN1CCCCCC1. The maximum atomic E-state index is 5.28. The number of aryl methyl sites for hydroxylation is 1. The zero-order valence-corrected chi connectivity index (χ0v) is 17.5. The van der Waals surface area contributed by atoms with Crippen molar-refractivity contribution >= 4 is 5.96 Å². The van der Waals surface area contributed by atoms with Crippen molar-refractivity contribution < 1.29 is 4.52 Å². The Balaban J connectivity index is 1.63. The van der Waals surface area contributed by atoms with E-state index in [4.69, 9.17) is 4.52 Å². The molecule has 7 heteroatoms. The number of rotatable bonds is 10. The number of nitrogens with zero attached hydrogens (tertiary/aromatic N) is 4. The van der Waals surface area contributed by atoms with Gasteiger partial charge in [-0.1, -0.05) is 31.8 Å². The Morgan fingerprint density at radius 3 is 2.59 bits per heavy atom. The second-order valence-corrected chi connectivity index (χ2v) is 7.60. The normalized spacial score (nSPS) is 16.5. The Hall–Kier alpha value is -1.63. The number of hydrogen-bond acceptors (Lipinski definition) is 5. The molecule has 0 bridgehead atoms. The Morgan fingerprint density at radius 2 is 1.93 bits per heavy atom. The van der Waals surface area contributed by atoms with Gasteiger partial charge in [-0.3, -0.25) is 4.99 Å². The number of nitrogens with one attached hydrogen (secondary N) is 2. The largest absolute Gasteiger partial charge is 0.357 e. The van der Waals surface area contributed by atoms with Gasteiger partial charge in [-0.05, 0) is 52.2 Å². The van der Waals surface area contributed by atoms with Gasteiger partial charge in [0.15, 0.2) is 11.8 Å². The van der Waals surface area contributed by atoms with Crippen LogP contribution < -0.4 is 10.6 Å². The summed E-state index contributed by atoms with van der Waals surface area (Å²) < 4.78 is 5.28. The minimum atomic E-state index is 0.305. The molecular weight excluding hydrogens is 340 g/mol. The second kappa shape index (κ2) is 12.7. The quantitative estimate of drug-likeness (QED) is 0.370. The number of guanidine groups is 1. The van der Waals surface area contributed by atoms with E-state index in [0.717, 1.165) is 50.7 Å². The van der Waals surface area contributed by atoms with Crippen LogP contribution in [0, 0.1) is 0 Å². The van der Waals surface area contributed by atoms with Crippen LogP contribution >= 0.6 is 0 Å². The summed E-state index contributed by atoms with van der Waals surface area (Å²) >= 11 is 0. The van der Waals surface area contributed by atoms with E-state index in [2.05, 4.69) is 51.4 Å². The first-order valence-corrected chi connectivity index (χ1v) is 10.8. The monoisotopic (exact) mass is 378 g/mol. The molecule has 27 heavy (non-hydrogen) atoms. The maximum absolute atomic E-state index is 5.28. The Morgan fingerprint density at radius 1 is 1.15 bits per heavy atom. The summed E-state index contributed by atoms with van der Waals surface area (Å²) in [7, 11) is 0. The fourth-order valence-corrected chi connectivity index (χ4v) is 3.24. The van der Waals surface area contributed by atoms with Crippen molar-refractivity contribution in [2.45, 2.75) is 71.6 Å². The van der Waals surface area contributed by atoms with Gasteiger partial charge >= 0.3 is 0 Å². The molecule has 1 aliphatic heterocycles. The first-order valence-electron chi connectivity index (χ1n) is 10.8. The Labute approximate surface area is 164 Å². The molecule has 0 radical (unpaired) electrons. The van der Waals surface area contributed by atoms with Gasteiger partial charge in [-0.25, -0.2) is 0 Å². The van der Waals surface area contributed by atoms with Crippen molar-refractivity contribution in [3.05, 3.63) is 11.7 Å². The van der Waals surface area contributed by atoms with Crippen LogP contribution in [0.4, 0.5) is 0 Å². The predicted molar refractivity (Wildman–Crippen MR) is 110 cm³/mol. The van der Waals surface area contributed by atoms with E-state index < -0.39 is 0 Å². The molecule has 0 spiro atoms. The van der Waals surface area contributed by atoms with Gasteiger partial charge < -0.3 is 20.1 Å². The molecule has 154 valence electrons. The molecule has 0 saturated carbocycles. The van der Waals surface area contributed by atoms with Gasteiger partial charge in [0.25, 0.3) is 0 Å². The minimum Gasteiger partial charge on any atom is -0.357 e. The maximum Gasteiger partial charge on any atom is 0.226 e. The highest BCUT2D eigenvalue weighted by Gasteiger charge is 2.10. The highest BCUT2D eigenvalue weighted by molar-refractivity contribution is 5.79. The lowest BCUT2D eigenvalue weighted by atomic mass is 10.2. The minimum absolute atomic E-state index is 0.305. The van der Waals surface area contributed by atoms with E-state index in [9.17, 15) is 0 Å². The third-order valence-electron chi connectivity index (χ3n) is 4.81. The molecule has 1 aliphatic rings. The zero-order valence-electron chi connectivity index (χ0n) is 17.5. The molecule has 1 aromatic rings. The average Bonchev–Trinajstić information content (AvgIpc) is 2.98. The van der Waals surface area contributed by atoms with Crippen LogP contribution in [0.2, 0.25) is 0 Å². The summed E-state index contributed by atoms with van der Waals surface area (Å²) in [5.41, 5.74) is 0. The molecule has 1 aromatic heterocycles. The lowest BCUT2D eigenvalue weighted by molar-refractivity contribution is 0.282. The summed E-state index contributed by atoms with van der Waals surface area (Å²) in [5, 5.41) is 10.8. The molecule has 7 nitrogen and oxygen atoms in total. The van der Waals surface area contributed by atoms with Crippen LogP contribution in [-0.2, 0) is 6.42 Å². The number of likely N-dealkylation sites (tertiary alicyclic amines) is 1. The standard InChI is InChI=1S/C20H38N6O/c1-4-21-20(23-13-10-16-26-14-7-5-6-8-15-26)22-12-9-11-18-24-19(17(2)3)25-27-18/h17H,4-16H2,1-3H3,(H2,21,22,23). The van der Waals surface area contributed by atoms with Crippen molar-refractivity contribution in [3.63, 3.8) is 0 Å². The summed E-state index contributed by atoms with van der Waals surface area (Å²) in [6.07, 6.45) is 8.35. The van der Waals surface area contributed by atoms with Crippen molar-refractivity contribution in [1.29, 1.82) is 0 Å². The lowest BCUT2D eigenvalue weighted by Gasteiger charge is -2.20. The third-order valence-corrected chi connectivity index (χ3v) is 4.81. The van der Waals surface area contributed by atoms with E-state index >= 15 is 0 Å². The van der Waals surface area contributed by atoms with E-state index in [1.807, 2.05) is 0 Å². The number of aliphatic imine (C=N–C) groups is 1. The molecule has 0 aliphatic carbocycles. The molecule has 2 heterocycles. The van der Waals surface area contributed by atoms with E-state index in [-0.39, 0.29) is 0 Å². The molecule has 0 unspecified atom stereocenters. The summed E-state index contributed by atoms with van der Waals surface area (Å²) in [6, 6.07) is 0. The smallest absolute Gasteiger partial charge is 0.226 e. The van der Waals surface area contributed by atoms with Crippen molar-refractivity contribution in [3.8, 4) is 0 Å². The predicted octanol–water partition coefficient (Wildman–Crippen LogP) is 2.95. The summed E-state index contributed by atoms with van der Waals surface area (Å²) in [5.74, 6) is 2.71. The van der Waals surface area contributed by atoms with Crippen LogP contribution in [0.5, 0.6) is 0 Å². The highest BCUT2D eigenvalue weighted by Crippen LogP contribution is 2.11. The molecule has 0 aromatic carbocycles. The summed E-state index contributed by atoms with van der Waals surface area (Å²) in [6.45, 7) is 12.5. The highest BCUT2D eigenvalue weighted by atomic mass is 16.5. The van der Waals surface area contributed by atoms with Crippen molar-refractivity contribution in [2.75, 3.05) is 39.3 Å². The fourth-order valence-electron chi connectivity index (χ4n) is 3.24. The van der Waals surface area contributed by atoms with Gasteiger partial charge in [0, 0.05) is 32.0 Å².